The number of carbonyl (C=O) groups is 2. The van der Waals surface area contributed by atoms with Gasteiger partial charge in [0.15, 0.2) is 11.6 Å². The average molecular weight is 432 g/mol. The molecule has 0 radical (unpaired) electrons. The molecular weight excluding hydrogens is 412 g/mol. The highest BCUT2D eigenvalue weighted by Crippen LogP contribution is 2.29. The second-order valence-corrected chi connectivity index (χ2v) is 6.74. The molecule has 0 aliphatic carbocycles. The number of nitrogens with one attached hydrogen (secondary N) is 1. The molecule has 0 unspecified atom stereocenters. The van der Waals surface area contributed by atoms with Crippen molar-refractivity contribution in [1.29, 1.82) is 0 Å². The molecular formula is C22H20N6O4. The van der Waals surface area contributed by atoms with Gasteiger partial charge in [-0.3, -0.25) is 9.78 Å². The number of benzene rings is 1. The van der Waals surface area contributed by atoms with Gasteiger partial charge in [-0.25, -0.2) is 14.8 Å². The van der Waals surface area contributed by atoms with E-state index in [-0.39, 0.29) is 23.7 Å². The van der Waals surface area contributed by atoms with Crippen LogP contribution in [0.2, 0.25) is 0 Å². The lowest BCUT2D eigenvalue weighted by molar-refractivity contribution is 0.0527. The molecule has 162 valence electrons. The highest BCUT2D eigenvalue weighted by atomic mass is 16.5. The molecule has 0 fully saturated rings. The van der Waals surface area contributed by atoms with E-state index in [1.807, 2.05) is 31.2 Å². The summed E-state index contributed by atoms with van der Waals surface area (Å²) in [7, 11) is 1.57. The first kappa shape index (κ1) is 20.9. The molecule has 0 spiro atoms. The zero-order valence-electron chi connectivity index (χ0n) is 17.7. The maximum Gasteiger partial charge on any atom is 0.343 e. The fourth-order valence-electron chi connectivity index (χ4n) is 3.24. The summed E-state index contributed by atoms with van der Waals surface area (Å²) in [6.07, 6.45) is 5.51. The van der Waals surface area contributed by atoms with Crippen LogP contribution in [0.4, 0.5) is 5.82 Å². The molecule has 1 aromatic carbocycles. The minimum atomic E-state index is -0.622. The number of amides is 1. The van der Waals surface area contributed by atoms with Crippen molar-refractivity contribution in [2.45, 2.75) is 13.8 Å². The van der Waals surface area contributed by atoms with Gasteiger partial charge in [-0.1, -0.05) is 12.1 Å². The maximum absolute atomic E-state index is 12.8. The zero-order valence-corrected chi connectivity index (χ0v) is 17.7. The lowest BCUT2D eigenvalue weighted by Gasteiger charge is -2.13. The number of aromatic nitrogens is 5. The van der Waals surface area contributed by atoms with Gasteiger partial charge in [0.2, 0.25) is 0 Å². The van der Waals surface area contributed by atoms with Gasteiger partial charge in [0, 0.05) is 17.8 Å². The second-order valence-electron chi connectivity index (χ2n) is 6.74. The Kier molecular flexibility index (Phi) is 5.75. The van der Waals surface area contributed by atoms with Crippen LogP contribution >= 0.6 is 0 Å². The Balaban J connectivity index is 1.86. The standard InChI is InChI=1S/C22H20N6O4/c1-4-32-22(30)15-11-25-28(20(15)27-21(29)16-12-23-8-9-24-16)18-10-13(2)14-6-5-7-17(31-3)19(14)26-18/h5-12H,4H2,1-3H3,(H,27,29). The van der Waals surface area contributed by atoms with Crippen molar-refractivity contribution in [2.75, 3.05) is 19.0 Å². The summed E-state index contributed by atoms with van der Waals surface area (Å²) in [5.41, 5.74) is 1.72. The number of fused-ring (bicyclic) bond motifs is 1. The number of anilines is 1. The van der Waals surface area contributed by atoms with Crippen LogP contribution in [-0.4, -0.2) is 50.3 Å². The van der Waals surface area contributed by atoms with E-state index in [1.165, 1.54) is 29.5 Å². The van der Waals surface area contributed by atoms with Crippen molar-refractivity contribution in [3.05, 3.63) is 65.9 Å². The maximum atomic E-state index is 12.8. The molecule has 4 rings (SSSR count). The van der Waals surface area contributed by atoms with E-state index >= 15 is 0 Å². The van der Waals surface area contributed by atoms with Crippen LogP contribution in [0.1, 0.15) is 33.3 Å². The van der Waals surface area contributed by atoms with E-state index in [4.69, 9.17) is 9.47 Å². The van der Waals surface area contributed by atoms with Gasteiger partial charge in [0.05, 0.1) is 26.1 Å². The minimum Gasteiger partial charge on any atom is -0.494 e. The van der Waals surface area contributed by atoms with Crippen molar-refractivity contribution in [1.82, 2.24) is 24.7 Å². The number of hydrogen-bond donors (Lipinski definition) is 1. The third-order valence-electron chi connectivity index (χ3n) is 4.73. The molecule has 32 heavy (non-hydrogen) atoms. The van der Waals surface area contributed by atoms with E-state index in [1.54, 1.807) is 14.0 Å². The monoisotopic (exact) mass is 432 g/mol. The van der Waals surface area contributed by atoms with Crippen LogP contribution in [-0.2, 0) is 4.74 Å². The Morgan fingerprint density at radius 3 is 2.75 bits per heavy atom. The number of rotatable bonds is 6. The number of nitrogens with zero attached hydrogens (tertiary/aromatic N) is 5. The molecule has 0 saturated carbocycles. The summed E-state index contributed by atoms with van der Waals surface area (Å²) in [5.74, 6) is -0.0797. The van der Waals surface area contributed by atoms with E-state index in [9.17, 15) is 9.59 Å². The fraction of sp³-hybridized carbons (Fsp3) is 0.182. The highest BCUT2D eigenvalue weighted by Gasteiger charge is 2.23. The Morgan fingerprint density at radius 1 is 1.19 bits per heavy atom. The van der Waals surface area contributed by atoms with Gasteiger partial charge in [-0.2, -0.15) is 9.78 Å². The first-order valence-electron chi connectivity index (χ1n) is 9.80. The Hall–Kier alpha value is -4.34. The third-order valence-corrected chi connectivity index (χ3v) is 4.73. The predicted octanol–water partition coefficient (Wildman–Crippen LogP) is 2.96. The number of pyridine rings is 1. The van der Waals surface area contributed by atoms with Crippen LogP contribution in [0.15, 0.2) is 49.1 Å². The number of aryl methyl sites for hydroxylation is 1. The van der Waals surface area contributed by atoms with Crippen LogP contribution in [0.3, 0.4) is 0 Å². The molecule has 10 heteroatoms. The van der Waals surface area contributed by atoms with Crippen LogP contribution < -0.4 is 10.1 Å². The van der Waals surface area contributed by atoms with E-state index in [2.05, 4.69) is 25.4 Å². The van der Waals surface area contributed by atoms with Crippen molar-refractivity contribution in [2.24, 2.45) is 0 Å². The molecule has 0 aliphatic heterocycles. The number of esters is 1. The molecule has 0 saturated heterocycles. The van der Waals surface area contributed by atoms with E-state index in [0.717, 1.165) is 10.9 Å². The molecule has 0 atom stereocenters. The Labute approximate surface area is 183 Å². The smallest absolute Gasteiger partial charge is 0.343 e. The summed E-state index contributed by atoms with van der Waals surface area (Å²) in [6.45, 7) is 3.80. The molecule has 4 aromatic rings. The molecule has 3 aromatic heterocycles. The first-order chi connectivity index (χ1) is 15.5. The summed E-state index contributed by atoms with van der Waals surface area (Å²) < 4.78 is 11.9. The van der Waals surface area contributed by atoms with Crippen molar-refractivity contribution >= 4 is 28.6 Å². The van der Waals surface area contributed by atoms with Crippen LogP contribution in [0, 0.1) is 6.92 Å². The predicted molar refractivity (Wildman–Crippen MR) is 116 cm³/mol. The van der Waals surface area contributed by atoms with E-state index in [0.29, 0.717) is 17.1 Å². The molecule has 3 heterocycles. The second kappa shape index (κ2) is 8.80. The van der Waals surface area contributed by atoms with Crippen molar-refractivity contribution in [3.63, 3.8) is 0 Å². The Morgan fingerprint density at radius 2 is 2.03 bits per heavy atom. The molecule has 1 amide bonds. The first-order valence-corrected chi connectivity index (χ1v) is 9.80. The third kappa shape index (κ3) is 3.85. The summed E-state index contributed by atoms with van der Waals surface area (Å²) in [6, 6.07) is 7.44. The number of methoxy groups -OCH3 is 1. The highest BCUT2D eigenvalue weighted by molar-refractivity contribution is 6.06. The summed E-state index contributed by atoms with van der Waals surface area (Å²) >= 11 is 0. The Bertz CT molecular complexity index is 1300. The quantitative estimate of drug-likeness (QED) is 0.462. The van der Waals surface area contributed by atoms with Gasteiger partial charge >= 0.3 is 5.97 Å². The van der Waals surface area contributed by atoms with Gasteiger partial charge in [0.25, 0.3) is 5.91 Å². The lowest BCUT2D eigenvalue weighted by atomic mass is 10.1. The SMILES string of the molecule is CCOC(=O)c1cnn(-c2cc(C)c3cccc(OC)c3n2)c1NC(=O)c1cnccn1. The van der Waals surface area contributed by atoms with Crippen molar-refractivity contribution < 1.29 is 19.1 Å². The summed E-state index contributed by atoms with van der Waals surface area (Å²) in [4.78, 5) is 37.9. The normalized spacial score (nSPS) is 10.7. The topological polar surface area (TPSA) is 121 Å². The molecule has 10 nitrogen and oxygen atoms in total. The largest absolute Gasteiger partial charge is 0.494 e. The zero-order chi connectivity index (χ0) is 22.7. The summed E-state index contributed by atoms with van der Waals surface area (Å²) in [5, 5.41) is 7.91. The molecule has 0 aliphatic rings. The van der Waals surface area contributed by atoms with Crippen LogP contribution in [0.25, 0.3) is 16.7 Å². The molecule has 1 N–H and O–H groups in total. The van der Waals surface area contributed by atoms with Gasteiger partial charge < -0.3 is 14.8 Å². The number of carbonyl (C=O) groups excluding carboxylic acids is 2. The number of hydrogen-bond acceptors (Lipinski definition) is 8. The lowest BCUT2D eigenvalue weighted by Crippen LogP contribution is -2.19. The van der Waals surface area contributed by atoms with E-state index < -0.39 is 11.9 Å². The van der Waals surface area contributed by atoms with Crippen LogP contribution in [0.5, 0.6) is 5.75 Å². The molecule has 0 bridgehead atoms. The average Bonchev–Trinajstić information content (AvgIpc) is 3.23. The number of ether oxygens (including phenoxy) is 2. The van der Waals surface area contributed by atoms with Gasteiger partial charge in [-0.15, -0.1) is 0 Å². The number of para-hydroxylation sites is 1. The minimum absolute atomic E-state index is 0.0828. The van der Waals surface area contributed by atoms with Gasteiger partial charge in [0.1, 0.15) is 22.5 Å². The fourth-order valence-corrected chi connectivity index (χ4v) is 3.24. The van der Waals surface area contributed by atoms with Gasteiger partial charge in [-0.05, 0) is 31.5 Å². The van der Waals surface area contributed by atoms with Crippen molar-refractivity contribution in [3.8, 4) is 11.6 Å².